The Morgan fingerprint density at radius 3 is 2.25 bits per heavy atom. The summed E-state index contributed by atoms with van der Waals surface area (Å²) in [4.78, 5) is 0. The minimum absolute atomic E-state index is 0.360. The number of halogens is 1. The number of alkyl halides is 1. The van der Waals surface area contributed by atoms with Crippen molar-refractivity contribution in [2.75, 3.05) is 19.0 Å². The van der Waals surface area contributed by atoms with Gasteiger partial charge in [0, 0.05) is 27.8 Å². The largest absolute Gasteiger partial charge is 0.385 e. The minimum atomic E-state index is -0.360. The molecule has 2 rings (SSSR count). The Balaban J connectivity index is 1.62. The molecule has 1 heterocycles. The molecule has 0 spiro atoms. The van der Waals surface area contributed by atoms with E-state index in [0.29, 0.717) is 0 Å². The number of methoxy groups -OCH3 is 1. The summed E-state index contributed by atoms with van der Waals surface area (Å²) in [5.41, 5.74) is 0. The highest BCUT2D eigenvalue weighted by Crippen LogP contribution is 2.41. The van der Waals surface area contributed by atoms with Gasteiger partial charge in [-0.15, -0.1) is 0 Å². The van der Waals surface area contributed by atoms with Crippen LogP contribution in [0.25, 0.3) is 0 Å². The van der Waals surface area contributed by atoms with Gasteiger partial charge in [0.2, 0.25) is 0 Å². The van der Waals surface area contributed by atoms with E-state index >= 15 is 0 Å². The average Bonchev–Trinajstić information content (AvgIpc) is 2.49. The Bertz CT molecular complexity index is 245. The highest BCUT2D eigenvalue weighted by atomic mass is 79.9. The fourth-order valence-electron chi connectivity index (χ4n) is 4.57. The second-order valence-electron chi connectivity index (χ2n) is 7.17. The molecule has 1 nitrogen and oxygen atoms in total. The van der Waals surface area contributed by atoms with E-state index < -0.39 is 0 Å². The molecular weight excluding hydrogens is 328 g/mol. The molecular formula is C17H33BrOSi. The normalized spacial score (nSPS) is 35.1. The van der Waals surface area contributed by atoms with Crippen LogP contribution < -0.4 is 0 Å². The van der Waals surface area contributed by atoms with Crippen molar-refractivity contribution in [2.24, 2.45) is 17.8 Å². The monoisotopic (exact) mass is 360 g/mol. The van der Waals surface area contributed by atoms with Gasteiger partial charge in [0.05, 0.1) is 0 Å². The Kier molecular flexibility index (Phi) is 8.19. The molecule has 0 N–H and O–H groups in total. The lowest BCUT2D eigenvalue weighted by atomic mass is 9.73. The van der Waals surface area contributed by atoms with Crippen LogP contribution in [0.3, 0.4) is 0 Å². The summed E-state index contributed by atoms with van der Waals surface area (Å²) >= 11 is 3.60. The van der Waals surface area contributed by atoms with E-state index in [9.17, 15) is 0 Å². The second-order valence-corrected chi connectivity index (χ2v) is 11.4. The van der Waals surface area contributed by atoms with E-state index in [0.717, 1.165) is 24.4 Å². The van der Waals surface area contributed by atoms with Gasteiger partial charge in [-0.05, 0) is 43.4 Å². The third kappa shape index (κ3) is 5.45. The minimum Gasteiger partial charge on any atom is -0.385 e. The van der Waals surface area contributed by atoms with Gasteiger partial charge < -0.3 is 4.74 Å². The van der Waals surface area contributed by atoms with Gasteiger partial charge >= 0.3 is 0 Å². The zero-order chi connectivity index (χ0) is 14.2. The lowest BCUT2D eigenvalue weighted by Gasteiger charge is -2.37. The van der Waals surface area contributed by atoms with Crippen LogP contribution in [0, 0.1) is 17.8 Å². The van der Waals surface area contributed by atoms with Crippen LogP contribution in [-0.2, 0) is 4.74 Å². The molecule has 1 saturated heterocycles. The molecule has 0 unspecified atom stereocenters. The van der Waals surface area contributed by atoms with Crippen LogP contribution in [0.5, 0.6) is 0 Å². The molecule has 0 aromatic heterocycles. The predicted octanol–water partition coefficient (Wildman–Crippen LogP) is 5.25. The van der Waals surface area contributed by atoms with Crippen LogP contribution in [0.2, 0.25) is 18.1 Å². The highest BCUT2D eigenvalue weighted by Gasteiger charge is 2.30. The van der Waals surface area contributed by atoms with Crippen molar-refractivity contribution in [1.82, 2.24) is 0 Å². The Labute approximate surface area is 136 Å². The molecule has 20 heavy (non-hydrogen) atoms. The molecule has 0 atom stereocenters. The maximum Gasteiger partial charge on any atom is 0.0459 e. The van der Waals surface area contributed by atoms with Crippen LogP contribution in [0.1, 0.15) is 51.4 Å². The third-order valence-electron chi connectivity index (χ3n) is 5.93. The number of ether oxygens (including phenoxy) is 1. The predicted molar refractivity (Wildman–Crippen MR) is 94.6 cm³/mol. The van der Waals surface area contributed by atoms with Crippen LogP contribution in [0.4, 0.5) is 0 Å². The van der Waals surface area contributed by atoms with Gasteiger partial charge in [-0.25, -0.2) is 0 Å². The fourth-order valence-corrected chi connectivity index (χ4v) is 8.62. The molecule has 0 bridgehead atoms. The molecule has 3 heteroatoms. The maximum absolute atomic E-state index is 5.20. The zero-order valence-corrected chi connectivity index (χ0v) is 16.0. The summed E-state index contributed by atoms with van der Waals surface area (Å²) in [6, 6.07) is 4.81. The summed E-state index contributed by atoms with van der Waals surface area (Å²) in [5.74, 6) is 3.23. The van der Waals surface area contributed by atoms with E-state index in [4.69, 9.17) is 4.74 Å². The second kappa shape index (κ2) is 9.63. The van der Waals surface area contributed by atoms with E-state index in [2.05, 4.69) is 15.9 Å². The SMILES string of the molecule is COCCC[Si@H]1CC[C@H]([C@H]2CC[C@H](CCBr)CC2)CC1. The Morgan fingerprint density at radius 1 is 1.00 bits per heavy atom. The molecule has 0 amide bonds. The lowest BCUT2D eigenvalue weighted by molar-refractivity contribution is 0.188. The van der Waals surface area contributed by atoms with Crippen LogP contribution in [0.15, 0.2) is 0 Å². The van der Waals surface area contributed by atoms with Crippen molar-refractivity contribution < 1.29 is 4.74 Å². The molecule has 118 valence electrons. The van der Waals surface area contributed by atoms with Crippen molar-refractivity contribution in [3.8, 4) is 0 Å². The van der Waals surface area contributed by atoms with Crippen molar-refractivity contribution in [3.63, 3.8) is 0 Å². The lowest BCUT2D eigenvalue weighted by Crippen LogP contribution is -2.28. The van der Waals surface area contributed by atoms with Gasteiger partial charge in [-0.3, -0.25) is 0 Å². The van der Waals surface area contributed by atoms with Gasteiger partial charge in [0.25, 0.3) is 0 Å². The maximum atomic E-state index is 5.20. The number of hydrogen-bond acceptors (Lipinski definition) is 1. The van der Waals surface area contributed by atoms with Gasteiger partial charge in [0.1, 0.15) is 0 Å². The zero-order valence-electron chi connectivity index (χ0n) is 13.3. The quantitative estimate of drug-likeness (QED) is 0.342. The van der Waals surface area contributed by atoms with Crippen molar-refractivity contribution in [3.05, 3.63) is 0 Å². The summed E-state index contributed by atoms with van der Waals surface area (Å²) in [6.07, 6.45) is 12.0. The van der Waals surface area contributed by atoms with Crippen molar-refractivity contribution in [2.45, 2.75) is 69.5 Å². The number of hydrogen-bond donors (Lipinski definition) is 0. The molecule has 1 saturated carbocycles. The molecule has 2 fully saturated rings. The van der Waals surface area contributed by atoms with E-state index in [1.165, 1.54) is 43.9 Å². The molecule has 0 radical (unpaired) electrons. The summed E-state index contributed by atoms with van der Waals surface area (Å²) in [7, 11) is 1.48. The van der Waals surface area contributed by atoms with Crippen molar-refractivity contribution in [1.29, 1.82) is 0 Å². The van der Waals surface area contributed by atoms with E-state index in [-0.39, 0.29) is 8.80 Å². The topological polar surface area (TPSA) is 9.23 Å². The summed E-state index contributed by atoms with van der Waals surface area (Å²) in [6.45, 7) is 0.991. The van der Waals surface area contributed by atoms with E-state index in [1.54, 1.807) is 31.0 Å². The number of rotatable bonds is 7. The Morgan fingerprint density at radius 2 is 1.65 bits per heavy atom. The highest BCUT2D eigenvalue weighted by molar-refractivity contribution is 9.09. The summed E-state index contributed by atoms with van der Waals surface area (Å²) in [5, 5.41) is 1.21. The average molecular weight is 361 g/mol. The summed E-state index contributed by atoms with van der Waals surface area (Å²) < 4.78 is 5.20. The van der Waals surface area contributed by atoms with E-state index in [1.807, 2.05) is 7.11 Å². The molecule has 0 aromatic rings. The Hall–Kier alpha value is 0.657. The first kappa shape index (κ1) is 17.0. The molecule has 2 aliphatic rings. The van der Waals surface area contributed by atoms with Gasteiger partial charge in [0.15, 0.2) is 0 Å². The smallest absolute Gasteiger partial charge is 0.0459 e. The third-order valence-corrected chi connectivity index (χ3v) is 9.91. The first-order chi connectivity index (χ1) is 9.83. The first-order valence-corrected chi connectivity index (χ1v) is 12.5. The standard InChI is InChI=1S/C17H33BrOSi/c1-19-11-2-12-20-13-8-17(9-14-20)16-5-3-15(4-6-16)7-10-18/h15-17,20H,2-14H2,1H3/t15-,16-,17-,20-. The molecule has 1 aliphatic heterocycles. The van der Waals surface area contributed by atoms with Crippen molar-refractivity contribution >= 4 is 24.7 Å². The van der Waals surface area contributed by atoms with Crippen LogP contribution >= 0.6 is 15.9 Å². The van der Waals surface area contributed by atoms with Gasteiger partial charge in [-0.1, -0.05) is 59.7 Å². The first-order valence-electron chi connectivity index (χ1n) is 8.88. The fraction of sp³-hybridized carbons (Fsp3) is 1.00. The molecule has 1 aliphatic carbocycles. The van der Waals surface area contributed by atoms with Gasteiger partial charge in [-0.2, -0.15) is 0 Å². The molecule has 0 aromatic carbocycles. The van der Waals surface area contributed by atoms with Crippen LogP contribution in [-0.4, -0.2) is 27.8 Å².